The van der Waals surface area contributed by atoms with Crippen molar-refractivity contribution in [3.05, 3.63) is 6.07 Å². The van der Waals surface area contributed by atoms with Gasteiger partial charge in [0.25, 0.3) is 0 Å². The van der Waals surface area contributed by atoms with Gasteiger partial charge in [-0.3, -0.25) is 4.90 Å². The van der Waals surface area contributed by atoms with Crippen LogP contribution in [0, 0.1) is 0 Å². The summed E-state index contributed by atoms with van der Waals surface area (Å²) < 4.78 is 0. The van der Waals surface area contributed by atoms with E-state index in [1.807, 2.05) is 6.92 Å². The van der Waals surface area contributed by atoms with Crippen LogP contribution in [-0.2, 0) is 0 Å². The number of aliphatic hydroxyl groups excluding tert-OH is 1. The Bertz CT molecular complexity index is 541. The van der Waals surface area contributed by atoms with Crippen molar-refractivity contribution in [2.45, 2.75) is 38.8 Å². The Morgan fingerprint density at radius 3 is 1.76 bits per heavy atom. The van der Waals surface area contributed by atoms with Gasteiger partial charge in [-0.05, 0) is 32.6 Å². The van der Waals surface area contributed by atoms with Crippen LogP contribution in [0.4, 0.5) is 17.6 Å². The smallest absolute Gasteiger partial charge is 0.229 e. The summed E-state index contributed by atoms with van der Waals surface area (Å²) in [7, 11) is 0. The molecule has 1 unspecified atom stereocenters. The third kappa shape index (κ3) is 3.67. The monoisotopic (exact) mass is 346 g/mol. The Morgan fingerprint density at radius 2 is 1.24 bits per heavy atom. The first kappa shape index (κ1) is 16.8. The van der Waals surface area contributed by atoms with Gasteiger partial charge in [-0.25, -0.2) is 0 Å². The van der Waals surface area contributed by atoms with Gasteiger partial charge in [0.05, 0.1) is 0 Å². The summed E-state index contributed by atoms with van der Waals surface area (Å²) in [5.74, 6) is 3.03. The Hall–Kier alpha value is -1.60. The zero-order valence-corrected chi connectivity index (χ0v) is 15.3. The minimum atomic E-state index is -0.368. The van der Waals surface area contributed by atoms with Gasteiger partial charge < -0.3 is 19.8 Å². The summed E-state index contributed by atoms with van der Waals surface area (Å²) in [4.78, 5) is 19.0. The lowest BCUT2D eigenvalue weighted by Crippen LogP contribution is -2.50. The Balaban J connectivity index is 1.57. The lowest BCUT2D eigenvalue weighted by atomic mass is 10.3. The van der Waals surface area contributed by atoms with Crippen LogP contribution in [0.3, 0.4) is 0 Å². The zero-order valence-electron chi connectivity index (χ0n) is 15.3. The molecule has 1 aromatic heterocycles. The van der Waals surface area contributed by atoms with Gasteiger partial charge in [-0.15, -0.1) is 0 Å². The SMILES string of the molecule is CC(O)N1CCN(c2cc(N3CCCC3)nc(N3CCCC3)n2)CC1. The molecule has 1 N–H and O–H groups in total. The molecule has 3 saturated heterocycles. The highest BCUT2D eigenvalue weighted by atomic mass is 16.3. The van der Waals surface area contributed by atoms with E-state index in [-0.39, 0.29) is 6.23 Å². The van der Waals surface area contributed by atoms with Crippen molar-refractivity contribution >= 4 is 17.6 Å². The maximum Gasteiger partial charge on any atom is 0.229 e. The Labute approximate surface area is 150 Å². The van der Waals surface area contributed by atoms with Gasteiger partial charge in [0.2, 0.25) is 5.95 Å². The van der Waals surface area contributed by atoms with E-state index in [1.165, 1.54) is 25.7 Å². The molecular formula is C18H30N6O. The molecule has 0 radical (unpaired) electrons. The number of piperazine rings is 1. The molecule has 0 bridgehead atoms. The van der Waals surface area contributed by atoms with Crippen molar-refractivity contribution in [2.75, 3.05) is 67.1 Å². The third-order valence-corrected chi connectivity index (χ3v) is 5.67. The van der Waals surface area contributed by atoms with Crippen LogP contribution in [0.2, 0.25) is 0 Å². The minimum Gasteiger partial charge on any atom is -0.379 e. The third-order valence-electron chi connectivity index (χ3n) is 5.67. The second-order valence-electron chi connectivity index (χ2n) is 7.43. The molecule has 3 aliphatic heterocycles. The van der Waals surface area contributed by atoms with Crippen LogP contribution in [0.15, 0.2) is 6.07 Å². The zero-order chi connectivity index (χ0) is 17.2. The minimum absolute atomic E-state index is 0.368. The van der Waals surface area contributed by atoms with Crippen molar-refractivity contribution in [1.82, 2.24) is 14.9 Å². The van der Waals surface area contributed by atoms with E-state index in [0.29, 0.717) is 0 Å². The summed E-state index contributed by atoms with van der Waals surface area (Å²) in [5.41, 5.74) is 0. The van der Waals surface area contributed by atoms with Crippen LogP contribution in [0.25, 0.3) is 0 Å². The molecular weight excluding hydrogens is 316 g/mol. The normalized spacial score (nSPS) is 23.5. The summed E-state index contributed by atoms with van der Waals surface area (Å²) >= 11 is 0. The predicted molar refractivity (Wildman–Crippen MR) is 100 cm³/mol. The molecule has 0 spiro atoms. The van der Waals surface area contributed by atoms with E-state index in [4.69, 9.17) is 9.97 Å². The molecule has 4 heterocycles. The van der Waals surface area contributed by atoms with Crippen molar-refractivity contribution in [3.8, 4) is 0 Å². The topological polar surface area (TPSA) is 59.0 Å². The summed E-state index contributed by atoms with van der Waals surface area (Å²) in [6.07, 6.45) is 4.61. The molecule has 0 saturated carbocycles. The largest absolute Gasteiger partial charge is 0.379 e. The Morgan fingerprint density at radius 1 is 0.760 bits per heavy atom. The molecule has 7 heteroatoms. The highest BCUT2D eigenvalue weighted by molar-refractivity contribution is 5.56. The maximum absolute atomic E-state index is 9.78. The maximum atomic E-state index is 9.78. The highest BCUT2D eigenvalue weighted by Gasteiger charge is 2.25. The summed E-state index contributed by atoms with van der Waals surface area (Å²) in [6.45, 7) is 9.74. The van der Waals surface area contributed by atoms with Gasteiger partial charge in [0.1, 0.15) is 17.9 Å². The van der Waals surface area contributed by atoms with E-state index in [0.717, 1.165) is 69.9 Å². The molecule has 3 aliphatic rings. The van der Waals surface area contributed by atoms with Gasteiger partial charge in [0.15, 0.2) is 0 Å². The van der Waals surface area contributed by atoms with E-state index in [2.05, 4.69) is 25.7 Å². The number of anilines is 3. The fourth-order valence-corrected chi connectivity index (χ4v) is 4.06. The van der Waals surface area contributed by atoms with Crippen LogP contribution in [0.1, 0.15) is 32.6 Å². The molecule has 1 aromatic rings. The number of hydrogen-bond donors (Lipinski definition) is 1. The number of aliphatic hydroxyl groups is 1. The number of rotatable bonds is 4. The summed E-state index contributed by atoms with van der Waals surface area (Å²) in [6, 6.07) is 2.17. The van der Waals surface area contributed by atoms with E-state index < -0.39 is 0 Å². The van der Waals surface area contributed by atoms with Gasteiger partial charge in [-0.2, -0.15) is 9.97 Å². The van der Waals surface area contributed by atoms with Crippen LogP contribution in [-0.4, -0.2) is 78.6 Å². The average molecular weight is 346 g/mol. The number of hydrogen-bond acceptors (Lipinski definition) is 7. The summed E-state index contributed by atoms with van der Waals surface area (Å²) in [5, 5.41) is 9.78. The first-order valence-electron chi connectivity index (χ1n) is 9.77. The molecule has 1 atom stereocenters. The number of nitrogens with zero attached hydrogens (tertiary/aromatic N) is 6. The molecule has 0 aliphatic carbocycles. The fraction of sp³-hybridized carbons (Fsp3) is 0.778. The molecule has 0 amide bonds. The van der Waals surface area contributed by atoms with E-state index in [9.17, 15) is 5.11 Å². The van der Waals surface area contributed by atoms with Gasteiger partial charge >= 0.3 is 0 Å². The lowest BCUT2D eigenvalue weighted by Gasteiger charge is -2.37. The van der Waals surface area contributed by atoms with Crippen LogP contribution in [0.5, 0.6) is 0 Å². The molecule has 3 fully saturated rings. The first-order chi connectivity index (χ1) is 12.2. The molecule has 4 rings (SSSR count). The van der Waals surface area contributed by atoms with Crippen molar-refractivity contribution in [2.24, 2.45) is 0 Å². The van der Waals surface area contributed by atoms with Gasteiger partial charge in [-0.1, -0.05) is 0 Å². The van der Waals surface area contributed by atoms with Crippen LogP contribution >= 0.6 is 0 Å². The fourth-order valence-electron chi connectivity index (χ4n) is 4.06. The van der Waals surface area contributed by atoms with Crippen molar-refractivity contribution in [3.63, 3.8) is 0 Å². The Kier molecular flexibility index (Phi) is 4.94. The standard InChI is InChI=1S/C18H30N6O/c1-15(25)21-10-12-23(13-11-21)17-14-16(22-6-2-3-7-22)19-18(20-17)24-8-4-5-9-24/h14-15,25H,2-13H2,1H3. The molecule has 138 valence electrons. The molecule has 7 nitrogen and oxygen atoms in total. The van der Waals surface area contributed by atoms with Crippen molar-refractivity contribution < 1.29 is 5.11 Å². The molecule has 25 heavy (non-hydrogen) atoms. The second kappa shape index (κ2) is 7.33. The van der Waals surface area contributed by atoms with E-state index >= 15 is 0 Å². The number of aromatic nitrogens is 2. The van der Waals surface area contributed by atoms with Gasteiger partial charge in [0, 0.05) is 58.4 Å². The first-order valence-corrected chi connectivity index (χ1v) is 9.77. The lowest BCUT2D eigenvalue weighted by molar-refractivity contribution is 0.0152. The van der Waals surface area contributed by atoms with Crippen LogP contribution < -0.4 is 14.7 Å². The quantitative estimate of drug-likeness (QED) is 0.877. The highest BCUT2D eigenvalue weighted by Crippen LogP contribution is 2.27. The van der Waals surface area contributed by atoms with E-state index in [1.54, 1.807) is 0 Å². The average Bonchev–Trinajstić information content (AvgIpc) is 3.35. The predicted octanol–water partition coefficient (Wildman–Crippen LogP) is 1.14. The second-order valence-corrected chi connectivity index (χ2v) is 7.43. The van der Waals surface area contributed by atoms with Crippen molar-refractivity contribution in [1.29, 1.82) is 0 Å². The molecule has 0 aromatic carbocycles.